The molecular weight excluding hydrogens is 483 g/mol. The highest BCUT2D eigenvalue weighted by Gasteiger charge is 2.19. The maximum absolute atomic E-state index is 14.1. The Morgan fingerprint density at radius 3 is 2.61 bits per heavy atom. The predicted octanol–water partition coefficient (Wildman–Crippen LogP) is 5.15. The van der Waals surface area contributed by atoms with Gasteiger partial charge in [-0.25, -0.2) is 9.37 Å². The van der Waals surface area contributed by atoms with Crippen LogP contribution in [-0.4, -0.2) is 27.1 Å². The van der Waals surface area contributed by atoms with Gasteiger partial charge >= 0.3 is 0 Å². The van der Waals surface area contributed by atoms with Crippen LogP contribution in [0.25, 0.3) is 21.9 Å². The van der Waals surface area contributed by atoms with E-state index in [4.69, 9.17) is 16.3 Å². The first kappa shape index (κ1) is 23.6. The Balaban J connectivity index is 1.56. The van der Waals surface area contributed by atoms with Gasteiger partial charge in [0.2, 0.25) is 5.91 Å². The molecule has 0 aliphatic heterocycles. The number of benzene rings is 3. The number of carbonyl (C=O) groups is 1. The van der Waals surface area contributed by atoms with E-state index in [2.05, 4.69) is 10.3 Å². The normalized spacial score (nSPS) is 11.2. The van der Waals surface area contributed by atoms with Crippen molar-refractivity contribution in [3.05, 3.63) is 99.3 Å². The topological polar surface area (TPSA) is 78.2 Å². The molecule has 0 spiro atoms. The zero-order valence-electron chi connectivity index (χ0n) is 19.6. The van der Waals surface area contributed by atoms with Gasteiger partial charge in [-0.15, -0.1) is 0 Å². The number of carbonyl (C=O) groups excluding carboxylic acids is 1. The molecule has 9 heteroatoms. The first-order valence-electron chi connectivity index (χ1n) is 11.2. The summed E-state index contributed by atoms with van der Waals surface area (Å²) in [6.07, 6.45) is 1.44. The molecule has 1 N–H and O–H groups in total. The number of anilines is 1. The second kappa shape index (κ2) is 9.47. The zero-order valence-corrected chi connectivity index (χ0v) is 20.3. The number of nitrogens with zero attached hydrogens (tertiary/aromatic N) is 3. The number of hydrogen-bond acceptors (Lipinski definition) is 4. The second-order valence-corrected chi connectivity index (χ2v) is 8.89. The molecule has 182 valence electrons. The van der Waals surface area contributed by atoms with Gasteiger partial charge in [0.15, 0.2) is 0 Å². The molecule has 0 fully saturated rings. The highest BCUT2D eigenvalue weighted by molar-refractivity contribution is 6.31. The van der Waals surface area contributed by atoms with Crippen molar-refractivity contribution in [2.24, 2.45) is 0 Å². The molecule has 0 saturated carbocycles. The number of fused-ring (bicyclic) bond motifs is 3. The lowest BCUT2D eigenvalue weighted by molar-refractivity contribution is -0.116. The fourth-order valence-corrected chi connectivity index (χ4v) is 4.37. The number of ether oxygens (including phenoxy) is 1. The van der Waals surface area contributed by atoms with Crippen LogP contribution in [0, 0.1) is 12.7 Å². The van der Waals surface area contributed by atoms with Crippen LogP contribution in [0.5, 0.6) is 5.75 Å². The van der Waals surface area contributed by atoms with Crippen molar-refractivity contribution in [2.75, 3.05) is 12.4 Å². The van der Waals surface area contributed by atoms with Crippen LogP contribution in [0.3, 0.4) is 0 Å². The van der Waals surface area contributed by atoms with E-state index in [9.17, 15) is 14.0 Å². The van der Waals surface area contributed by atoms with E-state index in [1.165, 1.54) is 23.0 Å². The molecule has 0 atom stereocenters. The molecule has 36 heavy (non-hydrogen) atoms. The van der Waals surface area contributed by atoms with Crippen molar-refractivity contribution in [1.82, 2.24) is 14.1 Å². The summed E-state index contributed by atoms with van der Waals surface area (Å²) >= 11 is 6.18. The van der Waals surface area contributed by atoms with Gasteiger partial charge in [-0.05, 0) is 60.5 Å². The van der Waals surface area contributed by atoms with E-state index < -0.39 is 5.82 Å². The van der Waals surface area contributed by atoms with Crippen LogP contribution < -0.4 is 15.6 Å². The van der Waals surface area contributed by atoms with E-state index >= 15 is 0 Å². The summed E-state index contributed by atoms with van der Waals surface area (Å²) in [5, 5.41) is 3.81. The quantitative estimate of drug-likeness (QED) is 0.347. The summed E-state index contributed by atoms with van der Waals surface area (Å²) in [6.45, 7) is 1.98. The van der Waals surface area contributed by atoms with Gasteiger partial charge in [-0.3, -0.25) is 14.2 Å². The van der Waals surface area contributed by atoms with Crippen LogP contribution in [-0.2, 0) is 17.9 Å². The molecule has 5 rings (SSSR count). The van der Waals surface area contributed by atoms with Crippen molar-refractivity contribution in [3.63, 3.8) is 0 Å². The minimum absolute atomic E-state index is 0.166. The molecule has 7 nitrogen and oxygen atoms in total. The molecule has 0 radical (unpaired) electrons. The maximum atomic E-state index is 14.1. The Morgan fingerprint density at radius 1 is 1.11 bits per heavy atom. The zero-order chi connectivity index (χ0) is 25.4. The average molecular weight is 505 g/mol. The van der Waals surface area contributed by atoms with Gasteiger partial charge < -0.3 is 14.6 Å². The molecule has 5 aromatic rings. The Kier molecular flexibility index (Phi) is 6.20. The lowest BCUT2D eigenvalue weighted by Crippen LogP contribution is -2.25. The van der Waals surface area contributed by atoms with Gasteiger partial charge in [0, 0.05) is 16.1 Å². The third kappa shape index (κ3) is 4.43. The summed E-state index contributed by atoms with van der Waals surface area (Å²) in [6, 6.07) is 16.8. The van der Waals surface area contributed by atoms with E-state index in [0.29, 0.717) is 32.9 Å². The largest absolute Gasteiger partial charge is 0.497 e. The van der Waals surface area contributed by atoms with Crippen LogP contribution >= 0.6 is 11.6 Å². The summed E-state index contributed by atoms with van der Waals surface area (Å²) < 4.78 is 22.3. The molecule has 0 unspecified atom stereocenters. The smallest absolute Gasteiger partial charge is 0.278 e. The number of aromatic nitrogens is 3. The van der Waals surface area contributed by atoms with Crippen molar-refractivity contribution < 1.29 is 13.9 Å². The summed E-state index contributed by atoms with van der Waals surface area (Å²) in [4.78, 5) is 31.1. The van der Waals surface area contributed by atoms with Crippen LogP contribution in [0.2, 0.25) is 5.02 Å². The van der Waals surface area contributed by atoms with Crippen LogP contribution in [0.15, 0.2) is 71.8 Å². The van der Waals surface area contributed by atoms with Crippen molar-refractivity contribution in [2.45, 2.75) is 20.0 Å². The lowest BCUT2D eigenvalue weighted by Gasteiger charge is -2.11. The van der Waals surface area contributed by atoms with Gasteiger partial charge in [-0.2, -0.15) is 0 Å². The second-order valence-electron chi connectivity index (χ2n) is 8.48. The lowest BCUT2D eigenvalue weighted by atomic mass is 10.2. The Labute approximate surface area is 210 Å². The fraction of sp³-hybridized carbons (Fsp3) is 0.148. The first-order valence-corrected chi connectivity index (χ1v) is 11.6. The Bertz CT molecular complexity index is 1680. The number of methoxy groups -OCH3 is 1. The van der Waals surface area contributed by atoms with E-state index in [-0.39, 0.29) is 30.1 Å². The molecular formula is C27H22ClFN4O3. The number of aryl methyl sites for hydroxylation is 1. The van der Waals surface area contributed by atoms with Gasteiger partial charge in [-0.1, -0.05) is 29.8 Å². The number of amides is 1. The summed E-state index contributed by atoms with van der Waals surface area (Å²) in [5.74, 6) is -0.102. The average Bonchev–Trinajstić information content (AvgIpc) is 3.16. The highest BCUT2D eigenvalue weighted by atomic mass is 35.5. The SMILES string of the molecule is COc1ccc(Cn2cnc3c4cc(F)ccc4n(CC(=O)Nc4ccc(C)c(Cl)c4)c3c2=O)cc1. The Hall–Kier alpha value is -4.17. The molecule has 0 aliphatic carbocycles. The molecule has 0 bridgehead atoms. The third-order valence-electron chi connectivity index (χ3n) is 6.06. The molecule has 2 heterocycles. The number of hydrogen-bond donors (Lipinski definition) is 1. The minimum atomic E-state index is -0.454. The molecule has 3 aromatic carbocycles. The maximum Gasteiger partial charge on any atom is 0.278 e. The van der Waals surface area contributed by atoms with Gasteiger partial charge in [0.1, 0.15) is 29.1 Å². The van der Waals surface area contributed by atoms with Crippen LogP contribution in [0.4, 0.5) is 10.1 Å². The first-order chi connectivity index (χ1) is 17.3. The molecule has 1 amide bonds. The molecule has 2 aromatic heterocycles. The highest BCUT2D eigenvalue weighted by Crippen LogP contribution is 2.27. The van der Waals surface area contributed by atoms with Crippen molar-refractivity contribution in [3.8, 4) is 5.75 Å². The van der Waals surface area contributed by atoms with Gasteiger partial charge in [0.05, 0.1) is 25.5 Å². The number of halogens is 2. The fourth-order valence-electron chi connectivity index (χ4n) is 4.19. The molecule has 0 aliphatic rings. The molecule has 0 saturated heterocycles. The third-order valence-corrected chi connectivity index (χ3v) is 6.46. The standard InChI is InChI=1S/C27H22ClFN4O3/c1-16-3-7-19(12-22(16)28)31-24(34)14-33-23-10-6-18(29)11-21(23)25-26(33)27(35)32(15-30-25)13-17-4-8-20(36-2)9-5-17/h3-12,15H,13-14H2,1-2H3,(H,31,34). The van der Waals surface area contributed by atoms with E-state index in [0.717, 1.165) is 11.1 Å². The monoisotopic (exact) mass is 504 g/mol. The van der Waals surface area contributed by atoms with E-state index in [1.54, 1.807) is 29.9 Å². The number of rotatable bonds is 6. The minimum Gasteiger partial charge on any atom is -0.497 e. The number of nitrogens with one attached hydrogen (secondary N) is 1. The summed E-state index contributed by atoms with van der Waals surface area (Å²) in [7, 11) is 1.59. The van der Waals surface area contributed by atoms with Crippen LogP contribution in [0.1, 0.15) is 11.1 Å². The van der Waals surface area contributed by atoms with E-state index in [1.807, 2.05) is 37.3 Å². The predicted molar refractivity (Wildman–Crippen MR) is 138 cm³/mol. The van der Waals surface area contributed by atoms with Crippen molar-refractivity contribution in [1.29, 1.82) is 0 Å². The van der Waals surface area contributed by atoms with Crippen molar-refractivity contribution >= 4 is 45.1 Å². The Morgan fingerprint density at radius 2 is 1.89 bits per heavy atom. The summed E-state index contributed by atoms with van der Waals surface area (Å²) in [5.41, 5.74) is 3.08. The van der Waals surface area contributed by atoms with Gasteiger partial charge in [0.25, 0.3) is 5.56 Å².